The molecular weight excluding hydrogens is 258 g/mol. The molecule has 1 amide bonds. The van der Waals surface area contributed by atoms with Crippen molar-refractivity contribution >= 4 is 29.7 Å². The summed E-state index contributed by atoms with van der Waals surface area (Å²) in [6.45, 7) is 3.35. The van der Waals surface area contributed by atoms with Gasteiger partial charge in [0.2, 0.25) is 0 Å². The zero-order chi connectivity index (χ0) is 11.6. The summed E-state index contributed by atoms with van der Waals surface area (Å²) >= 11 is 1.44. The highest BCUT2D eigenvalue weighted by molar-refractivity contribution is 7.09. The number of carbonyl (C=O) groups is 1. The van der Waals surface area contributed by atoms with Gasteiger partial charge in [-0.2, -0.15) is 0 Å². The SMILES string of the molecule is CCC1(CNC(=O)c2csc(CN)n2)CC1.Cl. The molecule has 0 unspecified atom stereocenters. The normalized spacial score (nSPS) is 16.1. The summed E-state index contributed by atoms with van der Waals surface area (Å²) in [5.41, 5.74) is 6.33. The third kappa shape index (κ3) is 3.40. The minimum Gasteiger partial charge on any atom is -0.350 e. The van der Waals surface area contributed by atoms with Gasteiger partial charge >= 0.3 is 0 Å². The highest BCUT2D eigenvalue weighted by atomic mass is 35.5. The lowest BCUT2D eigenvalue weighted by Gasteiger charge is -2.12. The van der Waals surface area contributed by atoms with E-state index < -0.39 is 0 Å². The lowest BCUT2D eigenvalue weighted by atomic mass is 10.0. The molecule has 0 saturated heterocycles. The van der Waals surface area contributed by atoms with Crippen LogP contribution in [0.3, 0.4) is 0 Å². The fourth-order valence-electron chi connectivity index (χ4n) is 1.70. The van der Waals surface area contributed by atoms with E-state index in [-0.39, 0.29) is 18.3 Å². The Bertz CT molecular complexity index is 390. The third-order valence-corrected chi connectivity index (χ3v) is 4.16. The quantitative estimate of drug-likeness (QED) is 0.863. The number of hydrogen-bond acceptors (Lipinski definition) is 4. The summed E-state index contributed by atoms with van der Waals surface area (Å²) in [5, 5.41) is 5.53. The Labute approximate surface area is 111 Å². The number of nitrogens with two attached hydrogens (primary N) is 1. The van der Waals surface area contributed by atoms with E-state index in [9.17, 15) is 4.79 Å². The van der Waals surface area contributed by atoms with Crippen molar-refractivity contribution in [1.82, 2.24) is 10.3 Å². The number of nitrogens with one attached hydrogen (secondary N) is 1. The van der Waals surface area contributed by atoms with Gasteiger partial charge < -0.3 is 11.1 Å². The van der Waals surface area contributed by atoms with E-state index in [1.165, 1.54) is 24.2 Å². The Hall–Kier alpha value is -0.650. The van der Waals surface area contributed by atoms with Crippen LogP contribution in [0.25, 0.3) is 0 Å². The molecule has 4 nitrogen and oxygen atoms in total. The number of thiazole rings is 1. The van der Waals surface area contributed by atoms with Crippen molar-refractivity contribution in [2.24, 2.45) is 11.1 Å². The largest absolute Gasteiger partial charge is 0.350 e. The Morgan fingerprint density at radius 1 is 1.65 bits per heavy atom. The van der Waals surface area contributed by atoms with Crippen molar-refractivity contribution in [3.8, 4) is 0 Å². The Kier molecular flexibility index (Phi) is 4.91. The molecule has 0 atom stereocenters. The molecule has 0 bridgehead atoms. The first kappa shape index (κ1) is 14.4. The number of halogens is 1. The predicted molar refractivity (Wildman–Crippen MR) is 71.5 cm³/mol. The fraction of sp³-hybridized carbons (Fsp3) is 0.636. The standard InChI is InChI=1S/C11H17N3OS.ClH/c1-2-11(3-4-11)7-13-10(15)8-6-16-9(5-12)14-8;/h6H,2-5,7,12H2,1H3,(H,13,15);1H. The van der Waals surface area contributed by atoms with Crippen LogP contribution in [0.5, 0.6) is 0 Å². The zero-order valence-corrected chi connectivity index (χ0v) is 11.5. The second-order valence-corrected chi connectivity index (χ2v) is 5.31. The Morgan fingerprint density at radius 3 is 2.82 bits per heavy atom. The molecule has 1 saturated carbocycles. The molecule has 17 heavy (non-hydrogen) atoms. The molecule has 2 rings (SSSR count). The van der Waals surface area contributed by atoms with Gasteiger partial charge in [0.1, 0.15) is 10.7 Å². The highest BCUT2D eigenvalue weighted by Gasteiger charge is 2.40. The maximum Gasteiger partial charge on any atom is 0.270 e. The van der Waals surface area contributed by atoms with Crippen molar-refractivity contribution in [2.75, 3.05) is 6.54 Å². The van der Waals surface area contributed by atoms with Crippen LogP contribution < -0.4 is 11.1 Å². The van der Waals surface area contributed by atoms with Crippen LogP contribution in [-0.4, -0.2) is 17.4 Å². The molecule has 3 N–H and O–H groups in total. The maximum absolute atomic E-state index is 11.8. The molecule has 1 heterocycles. The van der Waals surface area contributed by atoms with E-state index in [0.29, 0.717) is 17.7 Å². The molecule has 6 heteroatoms. The molecule has 1 fully saturated rings. The average Bonchev–Trinajstić information content (AvgIpc) is 2.94. The third-order valence-electron chi connectivity index (χ3n) is 3.29. The number of hydrogen-bond donors (Lipinski definition) is 2. The van der Waals surface area contributed by atoms with Crippen LogP contribution in [0.2, 0.25) is 0 Å². The second-order valence-electron chi connectivity index (χ2n) is 4.37. The molecule has 1 aromatic heterocycles. The first-order valence-corrected chi connectivity index (χ1v) is 6.50. The van der Waals surface area contributed by atoms with Gasteiger partial charge in [-0.05, 0) is 24.7 Å². The molecule has 0 spiro atoms. The van der Waals surface area contributed by atoms with Gasteiger partial charge in [-0.15, -0.1) is 23.7 Å². The van der Waals surface area contributed by atoms with E-state index >= 15 is 0 Å². The van der Waals surface area contributed by atoms with E-state index in [1.807, 2.05) is 0 Å². The van der Waals surface area contributed by atoms with Crippen molar-refractivity contribution in [2.45, 2.75) is 32.7 Å². The van der Waals surface area contributed by atoms with Crippen molar-refractivity contribution in [3.63, 3.8) is 0 Å². The van der Waals surface area contributed by atoms with E-state index in [2.05, 4.69) is 17.2 Å². The summed E-state index contributed by atoms with van der Waals surface area (Å²) in [5.74, 6) is -0.0734. The van der Waals surface area contributed by atoms with Crippen LogP contribution in [-0.2, 0) is 6.54 Å². The smallest absolute Gasteiger partial charge is 0.270 e. The number of aromatic nitrogens is 1. The van der Waals surface area contributed by atoms with Crippen molar-refractivity contribution < 1.29 is 4.79 Å². The minimum absolute atomic E-state index is 0. The number of nitrogens with zero attached hydrogens (tertiary/aromatic N) is 1. The van der Waals surface area contributed by atoms with Gasteiger partial charge in [-0.3, -0.25) is 4.79 Å². The summed E-state index contributed by atoms with van der Waals surface area (Å²) in [4.78, 5) is 15.9. The fourth-order valence-corrected chi connectivity index (χ4v) is 2.35. The van der Waals surface area contributed by atoms with E-state index in [0.717, 1.165) is 18.0 Å². The Balaban J connectivity index is 0.00000144. The van der Waals surface area contributed by atoms with Gasteiger partial charge in [-0.25, -0.2) is 4.98 Å². The molecule has 0 aliphatic heterocycles. The number of amides is 1. The second kappa shape index (κ2) is 5.80. The number of rotatable bonds is 5. The molecule has 0 aromatic carbocycles. The first-order valence-electron chi connectivity index (χ1n) is 5.62. The number of carbonyl (C=O) groups excluding carboxylic acids is 1. The van der Waals surface area contributed by atoms with Crippen LogP contribution in [0, 0.1) is 5.41 Å². The van der Waals surface area contributed by atoms with Crippen molar-refractivity contribution in [1.29, 1.82) is 0 Å². The lowest BCUT2D eigenvalue weighted by molar-refractivity contribution is 0.0940. The summed E-state index contributed by atoms with van der Waals surface area (Å²) in [6, 6.07) is 0. The Morgan fingerprint density at radius 2 is 2.35 bits per heavy atom. The lowest BCUT2D eigenvalue weighted by Crippen LogP contribution is -2.30. The van der Waals surface area contributed by atoms with Gasteiger partial charge in [0.15, 0.2) is 0 Å². The highest BCUT2D eigenvalue weighted by Crippen LogP contribution is 2.47. The van der Waals surface area contributed by atoms with Crippen LogP contribution in [0.15, 0.2) is 5.38 Å². The van der Waals surface area contributed by atoms with Gasteiger partial charge in [0, 0.05) is 18.5 Å². The van der Waals surface area contributed by atoms with Crippen LogP contribution >= 0.6 is 23.7 Å². The monoisotopic (exact) mass is 275 g/mol. The van der Waals surface area contributed by atoms with E-state index in [1.54, 1.807) is 5.38 Å². The topological polar surface area (TPSA) is 68.0 Å². The van der Waals surface area contributed by atoms with Gasteiger partial charge in [0.05, 0.1) is 0 Å². The van der Waals surface area contributed by atoms with Gasteiger partial charge in [-0.1, -0.05) is 6.92 Å². The van der Waals surface area contributed by atoms with Gasteiger partial charge in [0.25, 0.3) is 5.91 Å². The molecule has 0 radical (unpaired) electrons. The minimum atomic E-state index is -0.0734. The molecule has 1 aliphatic rings. The first-order chi connectivity index (χ1) is 7.69. The molecule has 96 valence electrons. The zero-order valence-electron chi connectivity index (χ0n) is 9.86. The predicted octanol–water partition coefficient (Wildman–Crippen LogP) is 1.94. The van der Waals surface area contributed by atoms with E-state index in [4.69, 9.17) is 5.73 Å². The summed E-state index contributed by atoms with van der Waals surface area (Å²) in [7, 11) is 0. The molecule has 1 aliphatic carbocycles. The van der Waals surface area contributed by atoms with Crippen molar-refractivity contribution in [3.05, 3.63) is 16.1 Å². The maximum atomic E-state index is 11.8. The average molecular weight is 276 g/mol. The van der Waals surface area contributed by atoms with Crippen LogP contribution in [0.4, 0.5) is 0 Å². The van der Waals surface area contributed by atoms with Crippen LogP contribution in [0.1, 0.15) is 41.7 Å². The molecule has 1 aromatic rings. The molecular formula is C11H18ClN3OS. The summed E-state index contributed by atoms with van der Waals surface area (Å²) < 4.78 is 0. The summed E-state index contributed by atoms with van der Waals surface area (Å²) in [6.07, 6.45) is 3.60.